The van der Waals surface area contributed by atoms with Gasteiger partial charge in [-0.3, -0.25) is 0 Å². The van der Waals surface area contributed by atoms with Crippen molar-refractivity contribution in [1.29, 1.82) is 5.26 Å². The minimum atomic E-state index is -6.55. The molecular weight excluding hydrogens is 478 g/mol. The minimum Gasteiger partial charge on any atom is -0.487 e. The van der Waals surface area contributed by atoms with E-state index in [0.717, 1.165) is 36.4 Å². The standard InChI is InChI=1S/C19H15F8N3O2.C2H6/c20-16(21,9-31-13-4-1-11(8-28)2-5-13)18(24,25)19(26,27)17(22,23)10-32-15-7-12(29)3-6-14(15)30;1-2/h1-7H,9-10,29-30H2;1-2H3. The summed E-state index contributed by atoms with van der Waals surface area (Å²) in [5.41, 5.74) is 10.4. The third-order valence-electron chi connectivity index (χ3n) is 4.16. The fourth-order valence-corrected chi connectivity index (χ4v) is 2.28. The molecule has 2 aromatic rings. The molecule has 0 heterocycles. The van der Waals surface area contributed by atoms with Gasteiger partial charge in [0.15, 0.2) is 13.2 Å². The van der Waals surface area contributed by atoms with E-state index in [0.29, 0.717) is 0 Å². The first-order chi connectivity index (χ1) is 15.6. The highest BCUT2D eigenvalue weighted by Crippen LogP contribution is 2.52. The van der Waals surface area contributed by atoms with E-state index >= 15 is 0 Å². The number of nitrogens with zero attached hydrogens (tertiary/aromatic N) is 1. The van der Waals surface area contributed by atoms with Crippen LogP contribution in [0.3, 0.4) is 0 Å². The highest BCUT2D eigenvalue weighted by Gasteiger charge is 2.81. The summed E-state index contributed by atoms with van der Waals surface area (Å²) in [5, 5.41) is 8.62. The summed E-state index contributed by atoms with van der Waals surface area (Å²) in [6.45, 7) is -0.740. The number of halogens is 8. The number of benzene rings is 2. The summed E-state index contributed by atoms with van der Waals surface area (Å²) in [5.74, 6) is -25.7. The first-order valence-corrected chi connectivity index (χ1v) is 9.56. The van der Waals surface area contributed by atoms with Crippen LogP contribution in [0.1, 0.15) is 19.4 Å². The van der Waals surface area contributed by atoms with Crippen LogP contribution in [-0.2, 0) is 0 Å². The Labute approximate surface area is 189 Å². The lowest BCUT2D eigenvalue weighted by Gasteiger charge is -2.36. The highest BCUT2D eigenvalue weighted by atomic mass is 19.4. The molecule has 0 aliphatic heterocycles. The molecule has 4 N–H and O–H groups in total. The average molecular weight is 499 g/mol. The van der Waals surface area contributed by atoms with E-state index in [1.165, 1.54) is 6.07 Å². The maximum Gasteiger partial charge on any atom is 0.381 e. The molecule has 0 fully saturated rings. The molecule has 0 amide bonds. The highest BCUT2D eigenvalue weighted by molar-refractivity contribution is 5.59. The van der Waals surface area contributed by atoms with Crippen LogP contribution in [0.2, 0.25) is 0 Å². The topological polar surface area (TPSA) is 94.3 Å². The van der Waals surface area contributed by atoms with E-state index < -0.39 is 48.4 Å². The molecule has 0 radical (unpaired) electrons. The molecule has 188 valence electrons. The molecule has 13 heteroatoms. The first-order valence-electron chi connectivity index (χ1n) is 9.56. The molecule has 0 aliphatic carbocycles. The largest absolute Gasteiger partial charge is 0.487 e. The minimum absolute atomic E-state index is 0.0684. The van der Waals surface area contributed by atoms with Crippen molar-refractivity contribution >= 4 is 11.4 Å². The zero-order chi connectivity index (χ0) is 26.4. The van der Waals surface area contributed by atoms with Crippen molar-refractivity contribution in [3.8, 4) is 17.6 Å². The Morgan fingerprint density at radius 3 is 1.71 bits per heavy atom. The zero-order valence-corrected chi connectivity index (χ0v) is 17.9. The molecule has 34 heavy (non-hydrogen) atoms. The third kappa shape index (κ3) is 5.92. The number of hydrogen-bond acceptors (Lipinski definition) is 5. The molecule has 0 saturated carbocycles. The lowest BCUT2D eigenvalue weighted by molar-refractivity contribution is -0.371. The summed E-state index contributed by atoms with van der Waals surface area (Å²) in [4.78, 5) is 0. The molecule has 0 aromatic heterocycles. The van der Waals surface area contributed by atoms with Crippen LogP contribution >= 0.6 is 0 Å². The SMILES string of the molecule is CC.N#Cc1ccc(OCC(F)(F)C(F)(F)C(F)(F)C(F)(F)COc2cc(N)ccc2N)cc1. The molecule has 0 bridgehead atoms. The van der Waals surface area contributed by atoms with Gasteiger partial charge in [0, 0.05) is 11.8 Å². The summed E-state index contributed by atoms with van der Waals surface area (Å²) in [6, 6.07) is 8.86. The fourth-order valence-electron chi connectivity index (χ4n) is 2.28. The number of anilines is 2. The summed E-state index contributed by atoms with van der Waals surface area (Å²) in [6.07, 6.45) is 0. The Kier molecular flexibility index (Phi) is 8.97. The van der Waals surface area contributed by atoms with Crippen LogP contribution in [0, 0.1) is 11.3 Å². The molecule has 2 aromatic carbocycles. The van der Waals surface area contributed by atoms with Gasteiger partial charge in [0.1, 0.15) is 11.5 Å². The van der Waals surface area contributed by atoms with Gasteiger partial charge in [0.25, 0.3) is 0 Å². The van der Waals surface area contributed by atoms with Crippen molar-refractivity contribution < 1.29 is 44.6 Å². The maximum absolute atomic E-state index is 14.0. The monoisotopic (exact) mass is 499 g/mol. The third-order valence-corrected chi connectivity index (χ3v) is 4.16. The Morgan fingerprint density at radius 2 is 1.24 bits per heavy atom. The number of nitriles is 1. The molecule has 0 spiro atoms. The average Bonchev–Trinajstić information content (AvgIpc) is 2.79. The number of nitrogens with two attached hydrogens (primary N) is 2. The number of nitrogen functional groups attached to an aromatic ring is 2. The fraction of sp³-hybridized carbons (Fsp3) is 0.381. The maximum atomic E-state index is 14.0. The predicted molar refractivity (Wildman–Crippen MR) is 109 cm³/mol. The van der Waals surface area contributed by atoms with Crippen molar-refractivity contribution in [2.24, 2.45) is 0 Å². The van der Waals surface area contributed by atoms with Crippen molar-refractivity contribution in [2.45, 2.75) is 37.5 Å². The van der Waals surface area contributed by atoms with E-state index in [1.54, 1.807) is 6.07 Å². The first kappa shape index (κ1) is 28.6. The molecule has 0 aliphatic rings. The Balaban J connectivity index is 0.00000281. The van der Waals surface area contributed by atoms with Gasteiger partial charge in [0.05, 0.1) is 17.3 Å². The summed E-state index contributed by atoms with van der Waals surface area (Å²) < 4.78 is 120. The van der Waals surface area contributed by atoms with E-state index in [1.807, 2.05) is 13.8 Å². The Bertz CT molecular complexity index is 993. The smallest absolute Gasteiger partial charge is 0.381 e. The second-order valence-electron chi connectivity index (χ2n) is 6.57. The van der Waals surface area contributed by atoms with E-state index in [2.05, 4.69) is 9.47 Å². The van der Waals surface area contributed by atoms with Crippen molar-refractivity contribution in [2.75, 3.05) is 24.7 Å². The predicted octanol–water partition coefficient (Wildman–Crippen LogP) is 5.75. The van der Waals surface area contributed by atoms with Gasteiger partial charge in [-0.15, -0.1) is 0 Å². The number of alkyl halides is 8. The van der Waals surface area contributed by atoms with Crippen molar-refractivity contribution in [3.05, 3.63) is 48.0 Å². The van der Waals surface area contributed by atoms with Gasteiger partial charge in [-0.25, -0.2) is 0 Å². The Morgan fingerprint density at radius 1 is 0.765 bits per heavy atom. The number of ether oxygens (including phenoxy) is 2. The Hall–Kier alpha value is -3.43. The molecule has 0 atom stereocenters. The molecule has 0 unspecified atom stereocenters. The van der Waals surface area contributed by atoms with E-state index in [4.69, 9.17) is 16.7 Å². The van der Waals surface area contributed by atoms with Crippen LogP contribution in [-0.4, -0.2) is 36.9 Å². The molecule has 2 rings (SSSR count). The van der Waals surface area contributed by atoms with Crippen LogP contribution in [0.4, 0.5) is 46.5 Å². The van der Waals surface area contributed by atoms with Crippen LogP contribution in [0.25, 0.3) is 0 Å². The van der Waals surface area contributed by atoms with Crippen molar-refractivity contribution in [3.63, 3.8) is 0 Å². The summed E-state index contributed by atoms with van der Waals surface area (Å²) >= 11 is 0. The van der Waals surface area contributed by atoms with E-state index in [9.17, 15) is 35.1 Å². The second kappa shape index (κ2) is 10.7. The van der Waals surface area contributed by atoms with Gasteiger partial charge < -0.3 is 20.9 Å². The van der Waals surface area contributed by atoms with E-state index in [-0.39, 0.29) is 16.9 Å². The zero-order valence-electron chi connectivity index (χ0n) is 17.9. The molecule has 5 nitrogen and oxygen atoms in total. The van der Waals surface area contributed by atoms with Crippen LogP contribution < -0.4 is 20.9 Å². The molecular formula is C21H21F8N3O2. The van der Waals surface area contributed by atoms with Crippen molar-refractivity contribution in [1.82, 2.24) is 0 Å². The summed E-state index contributed by atoms with van der Waals surface area (Å²) in [7, 11) is 0. The lowest BCUT2D eigenvalue weighted by Crippen LogP contribution is -2.65. The van der Waals surface area contributed by atoms with Crippen LogP contribution in [0.5, 0.6) is 11.5 Å². The normalized spacial score (nSPS) is 12.3. The van der Waals surface area contributed by atoms with Crippen LogP contribution in [0.15, 0.2) is 42.5 Å². The lowest BCUT2D eigenvalue weighted by atomic mass is 9.99. The number of hydrogen-bond donors (Lipinski definition) is 2. The molecule has 0 saturated heterocycles. The van der Waals surface area contributed by atoms with Gasteiger partial charge in [-0.2, -0.15) is 40.4 Å². The quantitative estimate of drug-likeness (QED) is 0.339. The van der Waals surface area contributed by atoms with Gasteiger partial charge in [-0.05, 0) is 36.4 Å². The number of rotatable bonds is 9. The van der Waals surface area contributed by atoms with Gasteiger partial charge in [0.2, 0.25) is 0 Å². The van der Waals surface area contributed by atoms with Gasteiger partial charge in [-0.1, -0.05) is 13.8 Å². The van der Waals surface area contributed by atoms with Gasteiger partial charge >= 0.3 is 23.7 Å². The second-order valence-corrected chi connectivity index (χ2v) is 6.57.